The number of carbonyl (C=O) groups excluding carboxylic acids is 1. The average Bonchev–Trinajstić information content (AvgIpc) is 3.06. The van der Waals surface area contributed by atoms with E-state index in [4.69, 9.17) is 15.2 Å². The van der Waals surface area contributed by atoms with Gasteiger partial charge in [0, 0.05) is 11.2 Å². The molecule has 1 aromatic rings. The Labute approximate surface area is 119 Å². The standard InChI is InChI=1S/C15H22N2O3/c1-14(2,3)20-13(18)17-12-6-5-10(19-4)9-11(12)15(16)7-8-15/h5-6,9H,7-8,16H2,1-4H3,(H,17,18). The summed E-state index contributed by atoms with van der Waals surface area (Å²) in [4.78, 5) is 11.9. The van der Waals surface area contributed by atoms with Crippen molar-refractivity contribution in [2.75, 3.05) is 12.4 Å². The highest BCUT2D eigenvalue weighted by Crippen LogP contribution is 2.46. The molecule has 0 atom stereocenters. The highest BCUT2D eigenvalue weighted by Gasteiger charge is 2.42. The van der Waals surface area contributed by atoms with Crippen molar-refractivity contribution >= 4 is 11.8 Å². The Kier molecular flexibility index (Phi) is 3.65. The summed E-state index contributed by atoms with van der Waals surface area (Å²) in [7, 11) is 1.61. The van der Waals surface area contributed by atoms with Crippen LogP contribution in [-0.2, 0) is 10.3 Å². The van der Waals surface area contributed by atoms with Crippen LogP contribution in [0.4, 0.5) is 10.5 Å². The van der Waals surface area contributed by atoms with Crippen molar-refractivity contribution < 1.29 is 14.3 Å². The minimum atomic E-state index is -0.531. The number of nitrogens with one attached hydrogen (secondary N) is 1. The Hall–Kier alpha value is -1.75. The van der Waals surface area contributed by atoms with Gasteiger partial charge >= 0.3 is 6.09 Å². The predicted octanol–water partition coefficient (Wildman–Crippen LogP) is 2.99. The van der Waals surface area contributed by atoms with Gasteiger partial charge in [-0.15, -0.1) is 0 Å². The quantitative estimate of drug-likeness (QED) is 0.891. The summed E-state index contributed by atoms with van der Waals surface area (Å²) in [5.74, 6) is 0.728. The van der Waals surface area contributed by atoms with Crippen molar-refractivity contribution in [3.8, 4) is 5.75 Å². The zero-order valence-corrected chi connectivity index (χ0v) is 12.4. The molecule has 20 heavy (non-hydrogen) atoms. The van der Waals surface area contributed by atoms with Gasteiger partial charge in [-0.25, -0.2) is 4.79 Å². The zero-order chi connectivity index (χ0) is 15.0. The number of carbonyl (C=O) groups is 1. The number of amides is 1. The number of hydrogen-bond donors (Lipinski definition) is 2. The molecule has 1 aliphatic rings. The van der Waals surface area contributed by atoms with Crippen molar-refractivity contribution in [1.29, 1.82) is 0 Å². The van der Waals surface area contributed by atoms with Gasteiger partial charge in [-0.2, -0.15) is 0 Å². The van der Waals surface area contributed by atoms with Gasteiger partial charge in [0.25, 0.3) is 0 Å². The number of ether oxygens (including phenoxy) is 2. The van der Waals surface area contributed by atoms with Crippen molar-refractivity contribution in [2.45, 2.75) is 44.8 Å². The van der Waals surface area contributed by atoms with Crippen LogP contribution in [0.15, 0.2) is 18.2 Å². The summed E-state index contributed by atoms with van der Waals surface area (Å²) in [6.07, 6.45) is 1.33. The lowest BCUT2D eigenvalue weighted by molar-refractivity contribution is 0.0635. The highest BCUT2D eigenvalue weighted by atomic mass is 16.6. The fraction of sp³-hybridized carbons (Fsp3) is 0.533. The molecule has 0 saturated heterocycles. The van der Waals surface area contributed by atoms with Gasteiger partial charge in [-0.05, 0) is 57.4 Å². The van der Waals surface area contributed by atoms with E-state index in [-0.39, 0.29) is 5.54 Å². The van der Waals surface area contributed by atoms with E-state index < -0.39 is 11.7 Å². The fourth-order valence-electron chi connectivity index (χ4n) is 1.99. The highest BCUT2D eigenvalue weighted by molar-refractivity contribution is 5.86. The van der Waals surface area contributed by atoms with E-state index >= 15 is 0 Å². The van der Waals surface area contributed by atoms with E-state index in [0.717, 1.165) is 24.2 Å². The van der Waals surface area contributed by atoms with Crippen LogP contribution in [0.1, 0.15) is 39.2 Å². The maximum Gasteiger partial charge on any atom is 0.412 e. The predicted molar refractivity (Wildman–Crippen MR) is 78.0 cm³/mol. The van der Waals surface area contributed by atoms with Crippen molar-refractivity contribution in [2.24, 2.45) is 5.73 Å². The van der Waals surface area contributed by atoms with Crippen LogP contribution in [0.2, 0.25) is 0 Å². The van der Waals surface area contributed by atoms with Crippen molar-refractivity contribution in [3.05, 3.63) is 23.8 Å². The molecular weight excluding hydrogens is 256 g/mol. The third kappa shape index (κ3) is 3.42. The molecule has 0 radical (unpaired) electrons. The second kappa shape index (κ2) is 4.98. The lowest BCUT2D eigenvalue weighted by Crippen LogP contribution is -2.28. The minimum absolute atomic E-state index is 0.362. The monoisotopic (exact) mass is 278 g/mol. The van der Waals surface area contributed by atoms with Gasteiger partial charge < -0.3 is 15.2 Å². The number of nitrogens with two attached hydrogens (primary N) is 1. The molecule has 5 nitrogen and oxygen atoms in total. The molecule has 1 amide bonds. The average molecular weight is 278 g/mol. The van der Waals surface area contributed by atoms with Crippen LogP contribution in [0, 0.1) is 0 Å². The third-order valence-corrected chi connectivity index (χ3v) is 3.19. The van der Waals surface area contributed by atoms with Crippen LogP contribution in [0.25, 0.3) is 0 Å². The largest absolute Gasteiger partial charge is 0.497 e. The smallest absolute Gasteiger partial charge is 0.412 e. The summed E-state index contributed by atoms with van der Waals surface area (Å²) in [6.45, 7) is 5.48. The molecule has 1 saturated carbocycles. The summed E-state index contributed by atoms with van der Waals surface area (Å²) in [5.41, 5.74) is 6.93. The Morgan fingerprint density at radius 2 is 2.00 bits per heavy atom. The zero-order valence-electron chi connectivity index (χ0n) is 12.4. The number of hydrogen-bond acceptors (Lipinski definition) is 4. The molecule has 110 valence electrons. The second-order valence-electron chi connectivity index (χ2n) is 6.19. The number of rotatable bonds is 3. The first kappa shape index (κ1) is 14.7. The van der Waals surface area contributed by atoms with Crippen LogP contribution in [-0.4, -0.2) is 18.8 Å². The van der Waals surface area contributed by atoms with Crippen LogP contribution in [0.5, 0.6) is 5.75 Å². The molecule has 1 fully saturated rings. The number of benzene rings is 1. The normalized spacial score (nSPS) is 16.4. The van der Waals surface area contributed by atoms with Gasteiger partial charge in [0.15, 0.2) is 0 Å². The van der Waals surface area contributed by atoms with Crippen LogP contribution >= 0.6 is 0 Å². The maximum absolute atomic E-state index is 11.9. The Morgan fingerprint density at radius 1 is 1.35 bits per heavy atom. The molecule has 2 rings (SSSR count). The maximum atomic E-state index is 11.9. The molecule has 0 aromatic heterocycles. The van der Waals surface area contributed by atoms with Gasteiger partial charge in [0.1, 0.15) is 11.4 Å². The topological polar surface area (TPSA) is 73.6 Å². The SMILES string of the molecule is COc1ccc(NC(=O)OC(C)(C)C)c(C2(N)CC2)c1. The number of methoxy groups -OCH3 is 1. The summed E-state index contributed by atoms with van der Waals surface area (Å²) in [6, 6.07) is 5.46. The molecular formula is C15H22N2O3. The lowest BCUT2D eigenvalue weighted by atomic mass is 10.0. The molecule has 5 heteroatoms. The summed E-state index contributed by atoms with van der Waals surface area (Å²) >= 11 is 0. The Balaban J connectivity index is 2.21. The second-order valence-corrected chi connectivity index (χ2v) is 6.19. The van der Waals surface area contributed by atoms with E-state index in [1.54, 1.807) is 19.2 Å². The summed E-state index contributed by atoms with van der Waals surface area (Å²) < 4.78 is 10.5. The van der Waals surface area contributed by atoms with Gasteiger partial charge in [0.2, 0.25) is 0 Å². The fourth-order valence-corrected chi connectivity index (χ4v) is 1.99. The lowest BCUT2D eigenvalue weighted by Gasteiger charge is -2.22. The van der Waals surface area contributed by atoms with E-state index in [0.29, 0.717) is 5.69 Å². The minimum Gasteiger partial charge on any atom is -0.497 e. The first-order chi connectivity index (χ1) is 9.23. The van der Waals surface area contributed by atoms with Gasteiger partial charge in [-0.3, -0.25) is 5.32 Å². The van der Waals surface area contributed by atoms with E-state index in [1.807, 2.05) is 26.8 Å². The first-order valence-electron chi connectivity index (χ1n) is 6.71. The molecule has 1 aromatic carbocycles. The Bertz CT molecular complexity index is 516. The molecule has 0 aliphatic heterocycles. The van der Waals surface area contributed by atoms with Crippen molar-refractivity contribution in [3.63, 3.8) is 0 Å². The molecule has 0 heterocycles. The summed E-state index contributed by atoms with van der Waals surface area (Å²) in [5, 5.41) is 2.77. The van der Waals surface area contributed by atoms with E-state index in [2.05, 4.69) is 5.32 Å². The Morgan fingerprint density at radius 3 is 2.50 bits per heavy atom. The van der Waals surface area contributed by atoms with Crippen LogP contribution < -0.4 is 15.8 Å². The van der Waals surface area contributed by atoms with Crippen LogP contribution in [0.3, 0.4) is 0 Å². The van der Waals surface area contributed by atoms with Crippen molar-refractivity contribution in [1.82, 2.24) is 0 Å². The van der Waals surface area contributed by atoms with Gasteiger partial charge in [-0.1, -0.05) is 0 Å². The molecule has 0 spiro atoms. The molecule has 0 bridgehead atoms. The van der Waals surface area contributed by atoms with E-state index in [9.17, 15) is 4.79 Å². The third-order valence-electron chi connectivity index (χ3n) is 3.19. The van der Waals surface area contributed by atoms with E-state index in [1.165, 1.54) is 0 Å². The molecule has 1 aliphatic carbocycles. The molecule has 3 N–H and O–H groups in total. The van der Waals surface area contributed by atoms with Gasteiger partial charge in [0.05, 0.1) is 7.11 Å². The number of anilines is 1. The first-order valence-corrected chi connectivity index (χ1v) is 6.71. The molecule has 0 unspecified atom stereocenters.